The molecular formula is C26H24N4O4. The van der Waals surface area contributed by atoms with Gasteiger partial charge in [0.05, 0.1) is 18.7 Å². The van der Waals surface area contributed by atoms with Crippen LogP contribution in [0.5, 0.6) is 5.75 Å². The molecule has 1 N–H and O–H groups in total. The van der Waals surface area contributed by atoms with Crippen molar-refractivity contribution in [2.24, 2.45) is 5.92 Å². The first-order valence-corrected chi connectivity index (χ1v) is 11.2. The summed E-state index contributed by atoms with van der Waals surface area (Å²) in [5.74, 6) is 1.07. The summed E-state index contributed by atoms with van der Waals surface area (Å²) in [5.41, 5.74) is 1.85. The van der Waals surface area contributed by atoms with Crippen molar-refractivity contribution in [1.82, 2.24) is 9.97 Å². The third-order valence-corrected chi connectivity index (χ3v) is 6.05. The first kappa shape index (κ1) is 21.6. The number of amides is 1. The third-order valence-electron chi connectivity index (χ3n) is 6.05. The molecule has 1 unspecified atom stereocenters. The Morgan fingerprint density at radius 3 is 2.76 bits per heavy atom. The van der Waals surface area contributed by atoms with Gasteiger partial charge in [-0.25, -0.2) is 14.8 Å². The van der Waals surface area contributed by atoms with Gasteiger partial charge in [0.2, 0.25) is 5.91 Å². The zero-order chi connectivity index (χ0) is 23.5. The molecule has 5 rings (SSSR count). The van der Waals surface area contributed by atoms with E-state index in [4.69, 9.17) is 9.15 Å². The van der Waals surface area contributed by atoms with Gasteiger partial charge in [-0.05, 0) is 49.2 Å². The monoisotopic (exact) mass is 456 g/mol. The Balaban J connectivity index is 1.31. The maximum Gasteiger partial charge on any atom is 0.360 e. The SMILES string of the molecule is COc1ccc(-c2cc(N3CCCC(C(=O)Nc4cc5ccccc5oc4=O)C3)ncn2)cc1. The van der Waals surface area contributed by atoms with Gasteiger partial charge in [0.1, 0.15) is 29.2 Å². The van der Waals surface area contributed by atoms with Crippen LogP contribution in [0.2, 0.25) is 0 Å². The second-order valence-corrected chi connectivity index (χ2v) is 8.25. The largest absolute Gasteiger partial charge is 0.497 e. The number of carbonyl (C=O) groups excluding carboxylic acids is 1. The number of anilines is 2. The number of piperidine rings is 1. The van der Waals surface area contributed by atoms with Crippen LogP contribution in [0.15, 0.2) is 76.2 Å². The normalized spacial score (nSPS) is 15.8. The van der Waals surface area contributed by atoms with Gasteiger partial charge >= 0.3 is 5.63 Å². The zero-order valence-corrected chi connectivity index (χ0v) is 18.7. The van der Waals surface area contributed by atoms with E-state index >= 15 is 0 Å². The summed E-state index contributed by atoms with van der Waals surface area (Å²) in [4.78, 5) is 36.3. The fourth-order valence-corrected chi connectivity index (χ4v) is 4.22. The second-order valence-electron chi connectivity index (χ2n) is 8.25. The van der Waals surface area contributed by atoms with Gasteiger partial charge in [-0.3, -0.25) is 4.79 Å². The highest BCUT2D eigenvalue weighted by Crippen LogP contribution is 2.27. The number of rotatable bonds is 5. The molecule has 34 heavy (non-hydrogen) atoms. The lowest BCUT2D eigenvalue weighted by atomic mass is 9.97. The molecule has 1 atom stereocenters. The number of nitrogens with one attached hydrogen (secondary N) is 1. The number of hydrogen-bond acceptors (Lipinski definition) is 7. The van der Waals surface area contributed by atoms with Crippen LogP contribution in [0.4, 0.5) is 11.5 Å². The molecule has 2 aromatic heterocycles. The van der Waals surface area contributed by atoms with Crippen molar-refractivity contribution in [2.75, 3.05) is 30.4 Å². The lowest BCUT2D eigenvalue weighted by Gasteiger charge is -2.32. The maximum atomic E-state index is 13.0. The van der Waals surface area contributed by atoms with E-state index in [0.717, 1.165) is 47.6 Å². The van der Waals surface area contributed by atoms with Crippen molar-refractivity contribution < 1.29 is 13.9 Å². The van der Waals surface area contributed by atoms with Crippen molar-refractivity contribution >= 4 is 28.4 Å². The molecule has 2 aromatic carbocycles. The molecule has 1 aliphatic rings. The Bertz CT molecular complexity index is 1380. The first-order valence-electron chi connectivity index (χ1n) is 11.2. The Morgan fingerprint density at radius 2 is 1.94 bits per heavy atom. The minimum absolute atomic E-state index is 0.157. The molecule has 3 heterocycles. The molecule has 0 spiro atoms. The number of aromatic nitrogens is 2. The molecule has 1 saturated heterocycles. The molecule has 1 aliphatic heterocycles. The molecule has 0 saturated carbocycles. The van der Waals surface area contributed by atoms with Crippen LogP contribution in [0.3, 0.4) is 0 Å². The molecule has 4 aromatic rings. The van der Waals surface area contributed by atoms with E-state index in [1.807, 2.05) is 42.5 Å². The summed E-state index contributed by atoms with van der Waals surface area (Å²) in [5, 5.41) is 3.53. The number of hydrogen-bond donors (Lipinski definition) is 1. The summed E-state index contributed by atoms with van der Waals surface area (Å²) in [6.45, 7) is 1.30. The summed E-state index contributed by atoms with van der Waals surface area (Å²) < 4.78 is 10.6. The van der Waals surface area contributed by atoms with Crippen molar-refractivity contribution in [2.45, 2.75) is 12.8 Å². The highest BCUT2D eigenvalue weighted by Gasteiger charge is 2.27. The molecule has 8 nitrogen and oxygen atoms in total. The van der Waals surface area contributed by atoms with E-state index in [1.54, 1.807) is 31.6 Å². The summed E-state index contributed by atoms with van der Waals surface area (Å²) >= 11 is 0. The van der Waals surface area contributed by atoms with Gasteiger partial charge in [-0.1, -0.05) is 18.2 Å². The topological polar surface area (TPSA) is 97.6 Å². The molecule has 0 radical (unpaired) electrons. The number of benzene rings is 2. The van der Waals surface area contributed by atoms with Gasteiger partial charge in [-0.15, -0.1) is 0 Å². The second kappa shape index (κ2) is 9.35. The van der Waals surface area contributed by atoms with Gasteiger partial charge in [0, 0.05) is 30.1 Å². The van der Waals surface area contributed by atoms with E-state index in [2.05, 4.69) is 20.2 Å². The van der Waals surface area contributed by atoms with Gasteiger partial charge in [-0.2, -0.15) is 0 Å². The predicted molar refractivity (Wildman–Crippen MR) is 130 cm³/mol. The van der Waals surface area contributed by atoms with Crippen molar-refractivity contribution in [3.05, 3.63) is 77.4 Å². The molecule has 0 bridgehead atoms. The minimum atomic E-state index is -0.556. The zero-order valence-electron chi connectivity index (χ0n) is 18.7. The Kier molecular flexibility index (Phi) is 5.95. The third kappa shape index (κ3) is 4.47. The average Bonchev–Trinajstić information content (AvgIpc) is 2.89. The van der Waals surface area contributed by atoms with Crippen LogP contribution in [0.25, 0.3) is 22.2 Å². The van der Waals surface area contributed by atoms with Gasteiger partial charge in [0.15, 0.2) is 0 Å². The van der Waals surface area contributed by atoms with Gasteiger partial charge in [0.25, 0.3) is 0 Å². The van der Waals surface area contributed by atoms with Crippen LogP contribution in [0.1, 0.15) is 12.8 Å². The number of para-hydroxylation sites is 1. The maximum absolute atomic E-state index is 13.0. The fraction of sp³-hybridized carbons (Fsp3) is 0.231. The van der Waals surface area contributed by atoms with Crippen molar-refractivity contribution in [1.29, 1.82) is 0 Å². The average molecular weight is 457 g/mol. The lowest BCUT2D eigenvalue weighted by molar-refractivity contribution is -0.120. The Morgan fingerprint density at radius 1 is 1.12 bits per heavy atom. The number of ether oxygens (including phenoxy) is 1. The molecule has 1 amide bonds. The number of carbonyl (C=O) groups is 1. The fourth-order valence-electron chi connectivity index (χ4n) is 4.22. The van der Waals surface area contributed by atoms with E-state index < -0.39 is 5.63 Å². The highest BCUT2D eigenvalue weighted by atomic mass is 16.5. The lowest BCUT2D eigenvalue weighted by Crippen LogP contribution is -2.41. The predicted octanol–water partition coefficient (Wildman–Crippen LogP) is 4.11. The van der Waals surface area contributed by atoms with Crippen molar-refractivity contribution in [3.8, 4) is 17.0 Å². The van der Waals surface area contributed by atoms with Crippen LogP contribution < -0.4 is 20.6 Å². The molecule has 172 valence electrons. The number of nitrogens with zero attached hydrogens (tertiary/aromatic N) is 3. The van der Waals surface area contributed by atoms with E-state index in [0.29, 0.717) is 12.1 Å². The molecule has 0 aliphatic carbocycles. The Hall–Kier alpha value is -4.20. The smallest absolute Gasteiger partial charge is 0.360 e. The molecule has 1 fully saturated rings. The van der Waals surface area contributed by atoms with E-state index in [9.17, 15) is 9.59 Å². The summed E-state index contributed by atoms with van der Waals surface area (Å²) in [6.07, 6.45) is 3.11. The highest BCUT2D eigenvalue weighted by molar-refractivity contribution is 5.94. The van der Waals surface area contributed by atoms with Crippen molar-refractivity contribution in [3.63, 3.8) is 0 Å². The molecule has 8 heteroatoms. The number of methoxy groups -OCH3 is 1. The van der Waals surface area contributed by atoms with E-state index in [1.165, 1.54) is 0 Å². The van der Waals surface area contributed by atoms with Gasteiger partial charge < -0.3 is 19.4 Å². The summed E-state index contributed by atoms with van der Waals surface area (Å²) in [7, 11) is 1.63. The molecular weight excluding hydrogens is 432 g/mol. The van der Waals surface area contributed by atoms with Crippen LogP contribution >= 0.6 is 0 Å². The van der Waals surface area contributed by atoms with Crippen LogP contribution in [0, 0.1) is 5.92 Å². The van der Waals surface area contributed by atoms with E-state index in [-0.39, 0.29) is 17.5 Å². The van der Waals surface area contributed by atoms with Crippen LogP contribution in [-0.2, 0) is 4.79 Å². The minimum Gasteiger partial charge on any atom is -0.497 e. The summed E-state index contributed by atoms with van der Waals surface area (Å²) in [6, 6.07) is 18.5. The quantitative estimate of drug-likeness (QED) is 0.451. The first-order chi connectivity index (χ1) is 16.6. The standard InChI is InChI=1S/C26H24N4O4/c1-33-20-10-8-17(9-11-20)21-14-24(28-16-27-21)30-12-4-6-19(15-30)25(31)29-22-13-18-5-2-3-7-23(18)34-26(22)32/h2-3,5,7-11,13-14,16,19H,4,6,12,15H2,1H3,(H,29,31). The number of fused-ring (bicyclic) bond motifs is 1. The van der Waals surface area contributed by atoms with Crippen LogP contribution in [-0.4, -0.2) is 36.1 Å². The Labute approximate surface area is 196 Å².